The first-order valence-corrected chi connectivity index (χ1v) is 9.86. The van der Waals surface area contributed by atoms with Gasteiger partial charge in [-0.2, -0.15) is 0 Å². The highest BCUT2D eigenvalue weighted by Crippen LogP contribution is 2.31. The zero-order chi connectivity index (χ0) is 20.5. The molecule has 0 spiro atoms. The summed E-state index contributed by atoms with van der Waals surface area (Å²) in [4.78, 5) is 12.3. The quantitative estimate of drug-likeness (QED) is 0.790. The molecule has 2 N–H and O–H groups in total. The first-order chi connectivity index (χ1) is 13.1. The summed E-state index contributed by atoms with van der Waals surface area (Å²) in [5.74, 6) is 0.323. The van der Waals surface area contributed by atoms with Gasteiger partial charge in [0.2, 0.25) is 5.16 Å². The van der Waals surface area contributed by atoms with Gasteiger partial charge in [-0.25, -0.2) is 13.9 Å². The summed E-state index contributed by atoms with van der Waals surface area (Å²) in [5.41, 5.74) is 4.28. The van der Waals surface area contributed by atoms with Crippen LogP contribution in [0.5, 0.6) is 0 Å². The van der Waals surface area contributed by atoms with Gasteiger partial charge < -0.3 is 10.1 Å². The summed E-state index contributed by atoms with van der Waals surface area (Å²) in [6.07, 6.45) is -0.513. The van der Waals surface area contributed by atoms with Gasteiger partial charge in [0, 0.05) is 11.0 Å². The Bertz CT molecular complexity index is 887. The molecular formula is C19H24FN5O2S. The van der Waals surface area contributed by atoms with E-state index in [1.54, 1.807) is 16.8 Å². The number of amides is 1. The van der Waals surface area contributed by atoms with Crippen LogP contribution in [0.1, 0.15) is 52.0 Å². The summed E-state index contributed by atoms with van der Waals surface area (Å²) >= 11 is 1.40. The van der Waals surface area contributed by atoms with E-state index in [4.69, 9.17) is 4.74 Å². The molecule has 2 aromatic rings. The number of hydrogen-bond acceptors (Lipinski definition) is 6. The Morgan fingerprint density at radius 3 is 2.54 bits per heavy atom. The number of nitrogens with zero attached hydrogens (tertiary/aromatic N) is 3. The maximum atomic E-state index is 13.2. The highest BCUT2D eigenvalue weighted by Gasteiger charge is 2.29. The van der Waals surface area contributed by atoms with Crippen molar-refractivity contribution in [2.45, 2.75) is 51.4 Å². The minimum Gasteiger partial charge on any atom is -0.444 e. The molecule has 28 heavy (non-hydrogen) atoms. The van der Waals surface area contributed by atoms with Crippen molar-refractivity contribution in [3.63, 3.8) is 0 Å². The van der Waals surface area contributed by atoms with E-state index in [9.17, 15) is 9.18 Å². The summed E-state index contributed by atoms with van der Waals surface area (Å²) < 4.78 is 20.3. The molecule has 0 saturated carbocycles. The lowest BCUT2D eigenvalue weighted by Gasteiger charge is -2.27. The molecule has 1 aliphatic rings. The Morgan fingerprint density at radius 2 is 1.93 bits per heavy atom. The fourth-order valence-corrected chi connectivity index (χ4v) is 3.39. The number of thioether (sulfide) groups is 1. The Morgan fingerprint density at radius 1 is 1.25 bits per heavy atom. The molecule has 1 atom stereocenters. The molecule has 150 valence electrons. The Balaban J connectivity index is 1.83. The Kier molecular flexibility index (Phi) is 5.64. The molecular weight excluding hydrogens is 381 g/mol. The van der Waals surface area contributed by atoms with Crippen LogP contribution in [0.4, 0.5) is 9.18 Å². The van der Waals surface area contributed by atoms with Crippen LogP contribution >= 0.6 is 11.8 Å². The number of aromatic nitrogens is 3. The van der Waals surface area contributed by atoms with Crippen LogP contribution in [0.3, 0.4) is 0 Å². The lowest BCUT2D eigenvalue weighted by Crippen LogP contribution is -2.38. The number of fused-ring (bicyclic) bond motifs is 1. The minimum atomic E-state index is -0.595. The largest absolute Gasteiger partial charge is 0.444 e. The maximum Gasteiger partial charge on any atom is 0.408 e. The van der Waals surface area contributed by atoms with Crippen LogP contribution in [0, 0.1) is 11.7 Å². The van der Waals surface area contributed by atoms with Crippen LogP contribution in [-0.2, 0) is 4.74 Å². The topological polar surface area (TPSA) is 81.1 Å². The summed E-state index contributed by atoms with van der Waals surface area (Å²) in [6, 6.07) is 5.81. The first kappa shape index (κ1) is 20.2. The van der Waals surface area contributed by atoms with E-state index in [1.807, 2.05) is 40.0 Å². The highest BCUT2D eigenvalue weighted by molar-refractivity contribution is 8.02. The lowest BCUT2D eigenvalue weighted by atomic mass is 10.0. The summed E-state index contributed by atoms with van der Waals surface area (Å²) in [7, 11) is 0. The van der Waals surface area contributed by atoms with Gasteiger partial charge in [0.1, 0.15) is 11.4 Å². The monoisotopic (exact) mass is 405 g/mol. The van der Waals surface area contributed by atoms with E-state index >= 15 is 0 Å². The molecule has 0 radical (unpaired) electrons. The van der Waals surface area contributed by atoms with Crippen molar-refractivity contribution in [1.29, 1.82) is 0 Å². The molecule has 1 amide bonds. The van der Waals surface area contributed by atoms with Crippen LogP contribution in [0.25, 0.3) is 5.70 Å². The van der Waals surface area contributed by atoms with Crippen molar-refractivity contribution in [3.05, 3.63) is 46.9 Å². The SMILES string of the molecule is CC(C)[C@H](NC(=O)OC(C)(C)C)c1nnc2n1NC(c1ccc(F)cc1)=CS2. The first-order valence-electron chi connectivity index (χ1n) is 8.98. The van der Waals surface area contributed by atoms with E-state index in [1.165, 1.54) is 23.9 Å². The fourth-order valence-electron chi connectivity index (χ4n) is 2.65. The normalized spacial score (nSPS) is 14.8. The number of ether oxygens (including phenoxy) is 1. The molecule has 0 aliphatic carbocycles. The second kappa shape index (κ2) is 7.83. The van der Waals surface area contributed by atoms with Crippen molar-refractivity contribution < 1.29 is 13.9 Å². The molecule has 0 bridgehead atoms. The molecule has 2 heterocycles. The summed E-state index contributed by atoms with van der Waals surface area (Å²) in [5, 5.41) is 13.9. The average molecular weight is 405 g/mol. The van der Waals surface area contributed by atoms with Crippen molar-refractivity contribution in [2.75, 3.05) is 5.43 Å². The maximum absolute atomic E-state index is 13.2. The second-order valence-electron chi connectivity index (χ2n) is 7.81. The zero-order valence-electron chi connectivity index (χ0n) is 16.5. The van der Waals surface area contributed by atoms with Crippen molar-refractivity contribution in [2.24, 2.45) is 5.92 Å². The number of benzene rings is 1. The minimum absolute atomic E-state index is 0.0489. The van der Waals surface area contributed by atoms with Crippen LogP contribution in [-0.4, -0.2) is 26.6 Å². The van der Waals surface area contributed by atoms with Crippen molar-refractivity contribution in [3.8, 4) is 0 Å². The molecule has 7 nitrogen and oxygen atoms in total. The predicted molar refractivity (Wildman–Crippen MR) is 107 cm³/mol. The van der Waals surface area contributed by atoms with Crippen LogP contribution < -0.4 is 10.7 Å². The number of rotatable bonds is 4. The fraction of sp³-hybridized carbons (Fsp3) is 0.421. The third kappa shape index (κ3) is 4.64. The van der Waals surface area contributed by atoms with Crippen molar-refractivity contribution in [1.82, 2.24) is 20.2 Å². The second-order valence-corrected chi connectivity index (χ2v) is 8.65. The van der Waals surface area contributed by atoms with Gasteiger partial charge in [0.05, 0.1) is 11.7 Å². The van der Waals surface area contributed by atoms with Gasteiger partial charge >= 0.3 is 6.09 Å². The number of nitrogens with one attached hydrogen (secondary N) is 2. The van der Waals surface area contributed by atoms with Gasteiger partial charge in [-0.05, 0) is 51.0 Å². The third-order valence-electron chi connectivity index (χ3n) is 3.95. The number of hydrogen-bond donors (Lipinski definition) is 2. The molecule has 1 aromatic carbocycles. The van der Waals surface area contributed by atoms with Gasteiger partial charge in [-0.1, -0.05) is 25.6 Å². The van der Waals surface area contributed by atoms with Gasteiger partial charge in [-0.3, -0.25) is 5.43 Å². The predicted octanol–water partition coefficient (Wildman–Crippen LogP) is 4.29. The number of halogens is 1. The van der Waals surface area contributed by atoms with Gasteiger partial charge in [0.15, 0.2) is 5.82 Å². The molecule has 0 unspecified atom stereocenters. The molecule has 9 heteroatoms. The molecule has 0 saturated heterocycles. The summed E-state index contributed by atoms with van der Waals surface area (Å²) in [6.45, 7) is 9.41. The van der Waals surface area contributed by atoms with Gasteiger partial charge in [0.25, 0.3) is 0 Å². The van der Waals surface area contributed by atoms with Gasteiger partial charge in [-0.15, -0.1) is 10.2 Å². The number of carbonyl (C=O) groups is 1. The Labute approximate surface area is 167 Å². The van der Waals surface area contributed by atoms with E-state index in [-0.39, 0.29) is 11.7 Å². The Hall–Kier alpha value is -2.55. The molecule has 0 fully saturated rings. The van der Waals surface area contributed by atoms with Crippen LogP contribution in [0.2, 0.25) is 0 Å². The van der Waals surface area contributed by atoms with Crippen LogP contribution in [0.15, 0.2) is 34.8 Å². The van der Waals surface area contributed by atoms with E-state index in [2.05, 4.69) is 20.9 Å². The smallest absolute Gasteiger partial charge is 0.408 e. The third-order valence-corrected chi connectivity index (χ3v) is 4.77. The number of alkyl carbamates (subject to hydrolysis) is 1. The van der Waals surface area contributed by atoms with Crippen molar-refractivity contribution >= 4 is 23.6 Å². The molecule has 1 aromatic heterocycles. The average Bonchev–Trinajstić information content (AvgIpc) is 3.01. The zero-order valence-corrected chi connectivity index (χ0v) is 17.3. The lowest BCUT2D eigenvalue weighted by molar-refractivity contribution is 0.0485. The molecule has 1 aliphatic heterocycles. The van der Waals surface area contributed by atoms with E-state index in [0.29, 0.717) is 11.0 Å². The molecule has 3 rings (SSSR count). The van der Waals surface area contributed by atoms with E-state index < -0.39 is 17.7 Å². The van der Waals surface area contributed by atoms with E-state index in [0.717, 1.165) is 11.3 Å². The number of carbonyl (C=O) groups excluding carboxylic acids is 1. The standard InChI is InChI=1S/C19H24FN5O2S/c1-11(2)15(21-18(26)27-19(3,4)5)16-22-23-17-25(16)24-14(10-28-17)12-6-8-13(20)9-7-12/h6-11,15,24H,1-5H3,(H,21,26)/t15-/m0/s1. The highest BCUT2D eigenvalue weighted by atomic mass is 32.2.